The van der Waals surface area contributed by atoms with Crippen molar-refractivity contribution < 1.29 is 19.1 Å². The van der Waals surface area contributed by atoms with Gasteiger partial charge in [-0.25, -0.2) is 9.18 Å². The molecule has 0 aliphatic rings. The number of carboxylic acid groups (broad SMARTS) is 1. The van der Waals surface area contributed by atoms with E-state index in [0.29, 0.717) is 17.3 Å². The van der Waals surface area contributed by atoms with Crippen LogP contribution in [0, 0.1) is 5.82 Å². The van der Waals surface area contributed by atoms with Gasteiger partial charge in [-0.05, 0) is 30.7 Å². The molecule has 0 saturated heterocycles. The van der Waals surface area contributed by atoms with E-state index in [-0.39, 0.29) is 5.56 Å². The van der Waals surface area contributed by atoms with Crippen LogP contribution in [0.3, 0.4) is 0 Å². The molecule has 1 unspecified atom stereocenters. The summed E-state index contributed by atoms with van der Waals surface area (Å²) < 4.78 is 14.1. The van der Waals surface area contributed by atoms with Gasteiger partial charge in [0, 0.05) is 16.1 Å². The van der Waals surface area contributed by atoms with Crippen molar-refractivity contribution in [2.24, 2.45) is 0 Å². The highest BCUT2D eigenvalue weighted by Gasteiger charge is 2.17. The van der Waals surface area contributed by atoms with Crippen molar-refractivity contribution >= 4 is 33.9 Å². The molecule has 0 heterocycles. The number of halogens is 2. The van der Waals surface area contributed by atoms with Gasteiger partial charge in [0.05, 0.1) is 0 Å². The molecule has 0 aliphatic heterocycles. The van der Waals surface area contributed by atoms with Crippen LogP contribution >= 0.6 is 15.9 Å². The van der Waals surface area contributed by atoms with Crippen molar-refractivity contribution in [3.8, 4) is 0 Å². The highest BCUT2D eigenvalue weighted by Crippen LogP contribution is 2.16. The molecule has 2 N–H and O–H groups in total. The van der Waals surface area contributed by atoms with Gasteiger partial charge in [0.2, 0.25) is 5.91 Å². The quantitative estimate of drug-likeness (QED) is 0.780. The lowest BCUT2D eigenvalue weighted by Crippen LogP contribution is -2.39. The number of aliphatic carboxylic acids is 1. The first-order chi connectivity index (χ1) is 9.43. The number of hydrogen-bond donors (Lipinski definition) is 2. The lowest BCUT2D eigenvalue weighted by molar-refractivity contribution is -0.141. The summed E-state index contributed by atoms with van der Waals surface area (Å²) in [4.78, 5) is 22.5. The minimum atomic E-state index is -1.08. The first-order valence-corrected chi connectivity index (χ1v) is 6.89. The largest absolute Gasteiger partial charge is 0.480 e. The van der Waals surface area contributed by atoms with E-state index in [2.05, 4.69) is 21.2 Å². The van der Waals surface area contributed by atoms with E-state index in [1.807, 2.05) is 6.92 Å². The summed E-state index contributed by atoms with van der Waals surface area (Å²) in [6, 6.07) is 3.43. The second kappa shape index (κ2) is 7.79. The Morgan fingerprint density at radius 2 is 2.20 bits per heavy atom. The average Bonchev–Trinajstić information content (AvgIpc) is 2.39. The Bertz CT molecular complexity index is 531. The summed E-state index contributed by atoms with van der Waals surface area (Å²) in [5.41, 5.74) is 0.247. The van der Waals surface area contributed by atoms with Gasteiger partial charge in [-0.2, -0.15) is 0 Å². The van der Waals surface area contributed by atoms with Crippen molar-refractivity contribution in [2.45, 2.75) is 25.8 Å². The molecule has 20 heavy (non-hydrogen) atoms. The van der Waals surface area contributed by atoms with Gasteiger partial charge in [0.25, 0.3) is 0 Å². The van der Waals surface area contributed by atoms with Crippen LogP contribution in [-0.2, 0) is 9.59 Å². The van der Waals surface area contributed by atoms with Gasteiger partial charge in [-0.1, -0.05) is 29.3 Å². The van der Waals surface area contributed by atoms with Crippen LogP contribution in [0.2, 0.25) is 0 Å². The average molecular weight is 344 g/mol. The van der Waals surface area contributed by atoms with Crippen molar-refractivity contribution in [3.05, 3.63) is 40.1 Å². The zero-order chi connectivity index (χ0) is 15.1. The first-order valence-electron chi connectivity index (χ1n) is 6.10. The molecule has 1 aromatic rings. The standard InChI is InChI=1S/C14H15BrFNO3/c1-2-3-12(14(19)20)17-13(18)7-4-9-8-10(15)5-6-11(9)16/h4-8,12H,2-3H2,1H3,(H,17,18)(H,19,20)/b7-4+. The van der Waals surface area contributed by atoms with Crippen LogP contribution in [0.15, 0.2) is 28.7 Å². The maximum absolute atomic E-state index is 13.4. The molecule has 1 aromatic carbocycles. The molecule has 108 valence electrons. The second-order valence-electron chi connectivity index (χ2n) is 4.19. The molecular weight excluding hydrogens is 329 g/mol. The van der Waals surface area contributed by atoms with Crippen molar-refractivity contribution in [1.82, 2.24) is 5.32 Å². The number of carbonyl (C=O) groups excluding carboxylic acids is 1. The van der Waals surface area contributed by atoms with Crippen LogP contribution in [0.5, 0.6) is 0 Å². The van der Waals surface area contributed by atoms with Gasteiger partial charge < -0.3 is 10.4 Å². The minimum absolute atomic E-state index is 0.247. The van der Waals surface area contributed by atoms with E-state index < -0.39 is 23.7 Å². The maximum Gasteiger partial charge on any atom is 0.326 e. The lowest BCUT2D eigenvalue weighted by Gasteiger charge is -2.11. The fourth-order valence-corrected chi connectivity index (χ4v) is 1.95. The zero-order valence-corrected chi connectivity index (χ0v) is 12.5. The van der Waals surface area contributed by atoms with Crippen LogP contribution < -0.4 is 5.32 Å². The minimum Gasteiger partial charge on any atom is -0.480 e. The van der Waals surface area contributed by atoms with E-state index in [0.717, 1.165) is 6.08 Å². The van der Waals surface area contributed by atoms with Gasteiger partial charge in [-0.3, -0.25) is 4.79 Å². The molecule has 0 spiro atoms. The van der Waals surface area contributed by atoms with Crippen molar-refractivity contribution in [3.63, 3.8) is 0 Å². The Hall–Kier alpha value is -1.69. The van der Waals surface area contributed by atoms with Crippen molar-refractivity contribution in [2.75, 3.05) is 0 Å². The fourth-order valence-electron chi connectivity index (χ4n) is 1.57. The van der Waals surface area contributed by atoms with Gasteiger partial charge in [0.15, 0.2) is 0 Å². The summed E-state index contributed by atoms with van der Waals surface area (Å²) in [7, 11) is 0. The summed E-state index contributed by atoms with van der Waals surface area (Å²) >= 11 is 3.20. The molecule has 1 rings (SSSR count). The van der Waals surface area contributed by atoms with Crippen LogP contribution in [-0.4, -0.2) is 23.0 Å². The molecule has 0 fully saturated rings. The molecule has 6 heteroatoms. The molecule has 4 nitrogen and oxygen atoms in total. The van der Waals surface area contributed by atoms with Crippen LogP contribution in [0.1, 0.15) is 25.3 Å². The molecule has 1 amide bonds. The number of benzene rings is 1. The predicted molar refractivity (Wildman–Crippen MR) is 77.6 cm³/mol. The molecule has 0 saturated carbocycles. The predicted octanol–water partition coefficient (Wildman–Crippen LogP) is 2.97. The monoisotopic (exact) mass is 343 g/mol. The second-order valence-corrected chi connectivity index (χ2v) is 5.10. The SMILES string of the molecule is CCCC(NC(=O)/C=C/c1cc(Br)ccc1F)C(=O)O. The molecule has 0 bridgehead atoms. The molecule has 0 aliphatic carbocycles. The number of carbonyl (C=O) groups is 2. The van der Waals surface area contributed by atoms with E-state index in [1.165, 1.54) is 18.2 Å². The van der Waals surface area contributed by atoms with Crippen LogP contribution in [0.25, 0.3) is 6.08 Å². The molecule has 1 atom stereocenters. The highest BCUT2D eigenvalue weighted by atomic mass is 79.9. The molecule has 0 aromatic heterocycles. The van der Waals surface area contributed by atoms with E-state index in [9.17, 15) is 14.0 Å². The number of rotatable bonds is 6. The summed E-state index contributed by atoms with van der Waals surface area (Å²) in [6.07, 6.45) is 3.41. The third-order valence-corrected chi connectivity index (χ3v) is 3.06. The molecule has 0 radical (unpaired) electrons. The lowest BCUT2D eigenvalue weighted by atomic mass is 10.1. The maximum atomic E-state index is 13.4. The van der Waals surface area contributed by atoms with Gasteiger partial charge in [0.1, 0.15) is 11.9 Å². The first kappa shape index (κ1) is 16.4. The number of nitrogens with one attached hydrogen (secondary N) is 1. The summed E-state index contributed by atoms with van der Waals surface area (Å²) in [6.45, 7) is 1.83. The zero-order valence-electron chi connectivity index (χ0n) is 10.9. The Morgan fingerprint density at radius 1 is 1.50 bits per heavy atom. The summed E-state index contributed by atoms with van der Waals surface area (Å²) in [5, 5.41) is 11.3. The summed E-state index contributed by atoms with van der Waals surface area (Å²) in [5.74, 6) is -2.10. The fraction of sp³-hybridized carbons (Fsp3) is 0.286. The number of hydrogen-bond acceptors (Lipinski definition) is 2. The van der Waals surface area contributed by atoms with E-state index in [4.69, 9.17) is 5.11 Å². The van der Waals surface area contributed by atoms with Gasteiger partial charge >= 0.3 is 5.97 Å². The third kappa shape index (κ3) is 5.13. The van der Waals surface area contributed by atoms with Crippen LogP contribution in [0.4, 0.5) is 4.39 Å². The number of amides is 1. The van der Waals surface area contributed by atoms with Crippen molar-refractivity contribution in [1.29, 1.82) is 0 Å². The smallest absolute Gasteiger partial charge is 0.326 e. The Kier molecular flexibility index (Phi) is 6.38. The van der Waals surface area contributed by atoms with E-state index in [1.54, 1.807) is 6.07 Å². The topological polar surface area (TPSA) is 66.4 Å². The third-order valence-electron chi connectivity index (χ3n) is 2.56. The van der Waals surface area contributed by atoms with Gasteiger partial charge in [-0.15, -0.1) is 0 Å². The Balaban J connectivity index is 2.72. The Labute approximate surface area is 124 Å². The molecular formula is C14H15BrFNO3. The Morgan fingerprint density at radius 3 is 2.80 bits per heavy atom. The van der Waals surface area contributed by atoms with E-state index >= 15 is 0 Å². The highest BCUT2D eigenvalue weighted by molar-refractivity contribution is 9.10. The normalized spacial score (nSPS) is 12.3. The number of carboxylic acids is 1.